The minimum Gasteiger partial charge on any atom is -0.367 e. The molecular weight excluding hydrogens is 469 g/mol. The molecule has 4 rings (SSSR count). The summed E-state index contributed by atoms with van der Waals surface area (Å²) in [6.45, 7) is 3.26. The van der Waals surface area contributed by atoms with E-state index in [9.17, 15) is 32.3 Å². The number of nitrogens with one attached hydrogen (secondary N) is 2. The smallest absolute Gasteiger partial charge is 0.367 e. The molecule has 0 radical (unpaired) electrons. The minimum absolute atomic E-state index is 0.0411. The van der Waals surface area contributed by atoms with Crippen molar-refractivity contribution in [3.05, 3.63) is 22.8 Å². The molecule has 2 amide bonds. The van der Waals surface area contributed by atoms with Gasteiger partial charge in [-0.2, -0.15) is 18.7 Å². The van der Waals surface area contributed by atoms with E-state index in [-0.39, 0.29) is 36.8 Å². The van der Waals surface area contributed by atoms with Gasteiger partial charge in [-0.05, 0) is 11.5 Å². The molecule has 13 heteroatoms. The van der Waals surface area contributed by atoms with Crippen molar-refractivity contribution in [2.75, 3.05) is 18.4 Å². The molecule has 3 aliphatic rings. The molecule has 1 saturated carbocycles. The highest BCUT2D eigenvalue weighted by Crippen LogP contribution is 2.46. The van der Waals surface area contributed by atoms with Gasteiger partial charge in [0.25, 0.3) is 5.91 Å². The average Bonchev–Trinajstić information content (AvgIpc) is 3.19. The maximum atomic E-state index is 13.1. The third kappa shape index (κ3) is 3.79. The Morgan fingerprint density at radius 3 is 2.42 bits per heavy atom. The molecule has 3 heterocycles. The summed E-state index contributed by atoms with van der Waals surface area (Å²) in [7, 11) is 0. The van der Waals surface area contributed by atoms with Crippen molar-refractivity contribution in [1.82, 2.24) is 15.4 Å². The van der Waals surface area contributed by atoms with E-state index in [2.05, 4.69) is 15.8 Å². The Kier molecular flexibility index (Phi) is 5.53. The number of carbonyl (C=O) groups is 4. The SMILES string of the molecule is CC1(C)CC(=O)C2(NO[C@H]3C(=O)N(CCNc4ncc(C(F)(F)F)cc4Cl)C(=O)[C@@H]32)C(=O)C1. The number of hydrogen-bond acceptors (Lipinski definition) is 8. The summed E-state index contributed by atoms with van der Waals surface area (Å²) in [6.07, 6.45) is -5.23. The number of nitrogens with zero attached hydrogens (tertiary/aromatic N) is 2. The average molecular weight is 489 g/mol. The maximum Gasteiger partial charge on any atom is 0.417 e. The molecule has 2 atom stereocenters. The molecule has 0 unspecified atom stereocenters. The van der Waals surface area contributed by atoms with Gasteiger partial charge in [0.15, 0.2) is 23.2 Å². The number of rotatable bonds is 4. The normalized spacial score (nSPS) is 26.3. The van der Waals surface area contributed by atoms with Crippen molar-refractivity contribution in [2.24, 2.45) is 11.3 Å². The van der Waals surface area contributed by atoms with Crippen molar-refractivity contribution in [2.45, 2.75) is 44.5 Å². The first-order valence-electron chi connectivity index (χ1n) is 10.1. The van der Waals surface area contributed by atoms with Gasteiger partial charge in [0.05, 0.1) is 10.6 Å². The summed E-state index contributed by atoms with van der Waals surface area (Å²) in [5.41, 5.74) is -1.08. The van der Waals surface area contributed by atoms with Crippen molar-refractivity contribution in [1.29, 1.82) is 0 Å². The van der Waals surface area contributed by atoms with Gasteiger partial charge in [0.2, 0.25) is 5.91 Å². The second-order valence-corrected chi connectivity index (χ2v) is 9.50. The number of carbonyl (C=O) groups excluding carboxylic acids is 4. The fourth-order valence-corrected chi connectivity index (χ4v) is 4.74. The number of aromatic nitrogens is 1. The van der Waals surface area contributed by atoms with E-state index >= 15 is 0 Å². The number of imide groups is 1. The van der Waals surface area contributed by atoms with Gasteiger partial charge < -0.3 is 5.32 Å². The van der Waals surface area contributed by atoms with Crippen LogP contribution in [0.4, 0.5) is 19.0 Å². The molecular formula is C20H20ClF3N4O5. The van der Waals surface area contributed by atoms with E-state index in [1.807, 2.05) is 0 Å². The van der Waals surface area contributed by atoms with Crippen LogP contribution in [0.2, 0.25) is 5.02 Å². The number of hydroxylamine groups is 1. The highest BCUT2D eigenvalue weighted by atomic mass is 35.5. The Hall–Kier alpha value is -2.57. The summed E-state index contributed by atoms with van der Waals surface area (Å²) in [5, 5.41) is 2.39. The number of likely N-dealkylation sites (tertiary alicyclic amines) is 1. The van der Waals surface area contributed by atoms with Crippen molar-refractivity contribution >= 4 is 40.8 Å². The van der Waals surface area contributed by atoms with Crippen LogP contribution >= 0.6 is 11.6 Å². The predicted molar refractivity (Wildman–Crippen MR) is 107 cm³/mol. The van der Waals surface area contributed by atoms with Gasteiger partial charge in [0.1, 0.15) is 11.7 Å². The van der Waals surface area contributed by atoms with Crippen LogP contribution in [-0.2, 0) is 30.2 Å². The molecule has 1 aromatic heterocycles. The molecule has 1 spiro atoms. The Morgan fingerprint density at radius 2 is 1.85 bits per heavy atom. The zero-order valence-corrected chi connectivity index (χ0v) is 18.3. The largest absolute Gasteiger partial charge is 0.417 e. The number of amides is 2. The van der Waals surface area contributed by atoms with Crippen LogP contribution in [0, 0.1) is 11.3 Å². The fraction of sp³-hybridized carbons (Fsp3) is 0.550. The number of hydrogen-bond donors (Lipinski definition) is 2. The molecule has 0 bridgehead atoms. The maximum absolute atomic E-state index is 13.1. The number of alkyl halides is 3. The molecule has 3 fully saturated rings. The van der Waals surface area contributed by atoms with Gasteiger partial charge in [-0.15, -0.1) is 0 Å². The zero-order valence-electron chi connectivity index (χ0n) is 17.6. The third-order valence-electron chi connectivity index (χ3n) is 6.11. The topological polar surface area (TPSA) is 118 Å². The lowest BCUT2D eigenvalue weighted by Crippen LogP contribution is -2.64. The Bertz CT molecular complexity index is 1040. The number of fused-ring (bicyclic) bond motifs is 2. The van der Waals surface area contributed by atoms with Crippen LogP contribution in [0.3, 0.4) is 0 Å². The zero-order chi connectivity index (χ0) is 24.3. The van der Waals surface area contributed by atoms with E-state index in [0.29, 0.717) is 12.3 Å². The lowest BCUT2D eigenvalue weighted by atomic mass is 9.63. The minimum atomic E-state index is -4.60. The summed E-state index contributed by atoms with van der Waals surface area (Å²) in [5.74, 6) is -3.82. The first-order valence-corrected chi connectivity index (χ1v) is 10.5. The molecule has 178 valence electrons. The molecule has 1 aliphatic carbocycles. The first kappa shape index (κ1) is 23.6. The van der Waals surface area contributed by atoms with Gasteiger partial charge in [-0.1, -0.05) is 25.4 Å². The third-order valence-corrected chi connectivity index (χ3v) is 6.40. The lowest BCUT2D eigenvalue weighted by Gasteiger charge is -2.39. The Labute approximate surface area is 190 Å². The number of ketones is 2. The number of halogens is 4. The van der Waals surface area contributed by atoms with Gasteiger partial charge >= 0.3 is 6.18 Å². The second-order valence-electron chi connectivity index (χ2n) is 9.10. The summed E-state index contributed by atoms with van der Waals surface area (Å²) < 4.78 is 38.2. The highest BCUT2D eigenvalue weighted by molar-refractivity contribution is 6.33. The lowest BCUT2D eigenvalue weighted by molar-refractivity contribution is -0.156. The fourth-order valence-electron chi connectivity index (χ4n) is 4.51. The monoisotopic (exact) mass is 488 g/mol. The van der Waals surface area contributed by atoms with Crippen LogP contribution in [0.1, 0.15) is 32.3 Å². The first-order chi connectivity index (χ1) is 15.3. The van der Waals surface area contributed by atoms with Crippen LogP contribution in [0.25, 0.3) is 0 Å². The van der Waals surface area contributed by atoms with E-state index < -0.39 is 58.1 Å². The van der Waals surface area contributed by atoms with Crippen molar-refractivity contribution < 1.29 is 37.2 Å². The summed E-state index contributed by atoms with van der Waals surface area (Å²) >= 11 is 5.84. The summed E-state index contributed by atoms with van der Waals surface area (Å²) in [6, 6.07) is 0.707. The van der Waals surface area contributed by atoms with Crippen LogP contribution in [-0.4, -0.2) is 58.0 Å². The molecule has 2 saturated heterocycles. The van der Waals surface area contributed by atoms with E-state index in [1.165, 1.54) is 0 Å². The van der Waals surface area contributed by atoms with Gasteiger partial charge in [0, 0.05) is 32.1 Å². The van der Waals surface area contributed by atoms with Crippen molar-refractivity contribution in [3.8, 4) is 0 Å². The molecule has 2 N–H and O–H groups in total. The standard InChI is InChI=1S/C20H20ClF3N4O5/c1-18(2)6-11(29)19(12(30)7-18)13-14(33-27-19)17(32)28(16(13)31)4-3-25-15-10(21)5-9(8-26-15)20(22,23)24/h5,8,13-14,27H,3-4,6-7H2,1-2H3,(H,25,26)/t13-,14-/m1/s1. The van der Waals surface area contributed by atoms with Crippen LogP contribution in [0.5, 0.6) is 0 Å². The number of anilines is 1. The number of Topliss-reactive ketones (excluding diaryl/α,β-unsaturated/α-hetero) is 2. The van der Waals surface area contributed by atoms with Crippen LogP contribution in [0.15, 0.2) is 12.3 Å². The quantitative estimate of drug-likeness (QED) is 0.486. The number of pyridine rings is 1. The summed E-state index contributed by atoms with van der Waals surface area (Å²) in [4.78, 5) is 61.4. The van der Waals surface area contributed by atoms with Crippen molar-refractivity contribution in [3.63, 3.8) is 0 Å². The van der Waals surface area contributed by atoms with E-state index in [4.69, 9.17) is 16.4 Å². The molecule has 9 nitrogen and oxygen atoms in total. The molecule has 33 heavy (non-hydrogen) atoms. The second kappa shape index (κ2) is 7.74. The van der Waals surface area contributed by atoms with Gasteiger partial charge in [-0.3, -0.25) is 28.9 Å². The predicted octanol–water partition coefficient (Wildman–Crippen LogP) is 1.75. The van der Waals surface area contributed by atoms with E-state index in [0.717, 1.165) is 4.90 Å². The van der Waals surface area contributed by atoms with Crippen LogP contribution < -0.4 is 10.8 Å². The Balaban J connectivity index is 1.47. The molecule has 2 aliphatic heterocycles. The highest BCUT2D eigenvalue weighted by Gasteiger charge is 2.70. The van der Waals surface area contributed by atoms with Gasteiger partial charge in [-0.25, -0.2) is 4.98 Å². The Morgan fingerprint density at radius 1 is 1.21 bits per heavy atom. The molecule has 0 aromatic carbocycles. The van der Waals surface area contributed by atoms with E-state index in [1.54, 1.807) is 13.8 Å². The molecule has 1 aromatic rings.